The molecule has 4 rings (SSSR count). The molecule has 2 fully saturated rings. The van der Waals surface area contributed by atoms with Gasteiger partial charge in [0, 0.05) is 12.8 Å². The van der Waals surface area contributed by atoms with Gasteiger partial charge < -0.3 is 0 Å². The molecular weight excluding hydrogens is 539 g/mol. The van der Waals surface area contributed by atoms with Crippen LogP contribution in [0, 0.1) is 35.0 Å². The van der Waals surface area contributed by atoms with E-state index in [4.69, 9.17) is 0 Å². The second kappa shape index (κ2) is 13.6. The molecule has 6 atom stereocenters. The highest BCUT2D eigenvalue weighted by Gasteiger charge is 2.57. The summed E-state index contributed by atoms with van der Waals surface area (Å²) in [5, 5.41) is 0. The van der Waals surface area contributed by atoms with Crippen molar-refractivity contribution in [1.29, 1.82) is 0 Å². The Morgan fingerprint density at radius 2 is 1.57 bits per heavy atom. The molecule has 0 spiro atoms. The second-order valence-electron chi connectivity index (χ2n) is 13.5. The summed E-state index contributed by atoms with van der Waals surface area (Å²) in [7, 11) is 0. The van der Waals surface area contributed by atoms with Crippen LogP contribution in [0.1, 0.15) is 117 Å². The Morgan fingerprint density at radius 1 is 0.900 bits per heavy atom. The number of allylic oxidation sites excluding steroid dienone is 4. The molecule has 0 aromatic carbocycles. The highest BCUT2D eigenvalue weighted by molar-refractivity contribution is 7.99. The first-order valence-electron chi connectivity index (χ1n) is 15.9. The van der Waals surface area contributed by atoms with Crippen LogP contribution in [0.15, 0.2) is 23.3 Å². The average molecular weight is 589 g/mol. The van der Waals surface area contributed by atoms with Crippen molar-refractivity contribution >= 4 is 17.5 Å². The van der Waals surface area contributed by atoms with E-state index in [0.717, 1.165) is 49.2 Å². The maximum Gasteiger partial charge on any atom is 0.453 e. The van der Waals surface area contributed by atoms with E-state index in [1.54, 1.807) is 0 Å². The lowest BCUT2D eigenvalue weighted by molar-refractivity contribution is -0.284. The Bertz CT molecular complexity index is 924. The predicted octanol–water partition coefficient (Wildman–Crippen LogP) is 10.7. The van der Waals surface area contributed by atoms with Crippen LogP contribution in [0.3, 0.4) is 0 Å². The lowest BCUT2D eigenvalue weighted by Gasteiger charge is -2.54. The number of fused-ring (bicyclic) bond motifs is 4. The van der Waals surface area contributed by atoms with Crippen LogP contribution < -0.4 is 0 Å². The van der Waals surface area contributed by atoms with E-state index in [1.165, 1.54) is 80.7 Å². The van der Waals surface area contributed by atoms with Gasteiger partial charge in [0.1, 0.15) is 0 Å². The highest BCUT2D eigenvalue weighted by Crippen LogP contribution is 2.64. The van der Waals surface area contributed by atoms with Crippen LogP contribution in [0.5, 0.6) is 0 Å². The van der Waals surface area contributed by atoms with E-state index in [9.17, 15) is 26.7 Å². The first kappa shape index (κ1) is 32.1. The van der Waals surface area contributed by atoms with Crippen molar-refractivity contribution in [2.75, 3.05) is 11.5 Å². The number of hydrogen-bond acceptors (Lipinski definition) is 2. The molecule has 0 aromatic rings. The van der Waals surface area contributed by atoms with Gasteiger partial charge in [-0.3, -0.25) is 4.79 Å². The molecule has 0 aliphatic heterocycles. The van der Waals surface area contributed by atoms with Crippen LogP contribution in [-0.4, -0.2) is 29.4 Å². The monoisotopic (exact) mass is 588 g/mol. The number of carbonyl (C=O) groups excluding carboxylic acids is 1. The van der Waals surface area contributed by atoms with Gasteiger partial charge in [0.15, 0.2) is 5.78 Å². The number of rotatable bonds is 14. The van der Waals surface area contributed by atoms with Gasteiger partial charge in [-0.1, -0.05) is 64.0 Å². The molecule has 0 aromatic heterocycles. The Labute approximate surface area is 242 Å². The maximum absolute atomic E-state index is 12.9. The van der Waals surface area contributed by atoms with Crippen molar-refractivity contribution in [2.45, 2.75) is 129 Å². The normalized spacial score (nSPS) is 32.3. The number of halogens is 5. The number of alkyl halides is 5. The summed E-state index contributed by atoms with van der Waals surface area (Å²) in [6, 6.07) is 0. The topological polar surface area (TPSA) is 17.1 Å². The second-order valence-corrected chi connectivity index (χ2v) is 14.7. The maximum atomic E-state index is 12.9. The van der Waals surface area contributed by atoms with Crippen molar-refractivity contribution in [1.82, 2.24) is 0 Å². The van der Waals surface area contributed by atoms with Crippen molar-refractivity contribution in [3.05, 3.63) is 23.3 Å². The zero-order valence-electron chi connectivity index (χ0n) is 24.5. The standard InChI is InChI=1S/C33H49F5OS/c1-23-12-15-29-30-24(21-25-22-26(39)13-14-27(25)28(30)16-18-31(23,29)2)11-8-6-4-3-5-7-9-19-40-20-10-17-32(34,35)33(36,37)38/h13-14,23-24,28-30H,3-12,15-22H2,1-2H3/t23-,24?,28?,29?,30?,31+/m0/s1. The first-order chi connectivity index (χ1) is 18.9. The number of carbonyl (C=O) groups is 1. The summed E-state index contributed by atoms with van der Waals surface area (Å²) in [5.74, 6) is 0.675. The molecular formula is C33H49F5OS. The van der Waals surface area contributed by atoms with Crippen LogP contribution in [-0.2, 0) is 4.79 Å². The minimum Gasteiger partial charge on any atom is -0.294 e. The Morgan fingerprint density at radius 3 is 2.30 bits per heavy atom. The lowest BCUT2D eigenvalue weighted by atomic mass is 9.50. The summed E-state index contributed by atoms with van der Waals surface area (Å²) in [6.07, 6.45) is 13.9. The highest BCUT2D eigenvalue weighted by atomic mass is 32.2. The predicted molar refractivity (Wildman–Crippen MR) is 155 cm³/mol. The summed E-state index contributed by atoms with van der Waals surface area (Å²) in [6.45, 7) is 5.04. The molecule has 2 saturated carbocycles. The summed E-state index contributed by atoms with van der Waals surface area (Å²) in [4.78, 5) is 12.2. The molecule has 0 saturated heterocycles. The number of thioether (sulfide) groups is 1. The lowest BCUT2D eigenvalue weighted by Crippen LogP contribution is -2.46. The molecule has 0 radical (unpaired) electrons. The molecule has 1 nitrogen and oxygen atoms in total. The average Bonchev–Trinajstić information content (AvgIpc) is 3.19. The minimum atomic E-state index is -5.43. The summed E-state index contributed by atoms with van der Waals surface area (Å²) in [5.41, 5.74) is 3.46. The third kappa shape index (κ3) is 7.37. The first-order valence-corrected chi connectivity index (χ1v) is 17.0. The molecule has 4 unspecified atom stereocenters. The van der Waals surface area contributed by atoms with Gasteiger partial charge in [-0.25, -0.2) is 0 Å². The van der Waals surface area contributed by atoms with Crippen molar-refractivity contribution < 1.29 is 26.7 Å². The summed E-state index contributed by atoms with van der Waals surface area (Å²) >= 11 is 1.49. The Balaban J connectivity index is 1.13. The quantitative estimate of drug-likeness (QED) is 0.148. The molecule has 0 N–H and O–H groups in total. The zero-order valence-corrected chi connectivity index (χ0v) is 25.3. The molecule has 0 bridgehead atoms. The van der Waals surface area contributed by atoms with E-state index in [-0.39, 0.29) is 12.2 Å². The SMILES string of the molecule is C[C@H]1CCC2C3C(CCCCCCCCCSCCCC(F)(F)C(F)(F)F)CC4=C(C=CC(=O)C4)C3CC[C@@]21C. The third-order valence-electron chi connectivity index (χ3n) is 11.1. The van der Waals surface area contributed by atoms with E-state index in [2.05, 4.69) is 19.9 Å². The fraction of sp³-hybridized carbons (Fsp3) is 0.848. The van der Waals surface area contributed by atoms with Crippen LogP contribution in [0.25, 0.3) is 0 Å². The molecule has 4 aliphatic rings. The van der Waals surface area contributed by atoms with E-state index >= 15 is 0 Å². The van der Waals surface area contributed by atoms with E-state index < -0.39 is 18.5 Å². The van der Waals surface area contributed by atoms with E-state index in [1.807, 2.05) is 6.08 Å². The van der Waals surface area contributed by atoms with Crippen molar-refractivity contribution in [3.8, 4) is 0 Å². The van der Waals surface area contributed by atoms with Gasteiger partial charge in [0.25, 0.3) is 0 Å². The van der Waals surface area contributed by atoms with Gasteiger partial charge in [0.05, 0.1) is 0 Å². The molecule has 7 heteroatoms. The smallest absolute Gasteiger partial charge is 0.294 e. The van der Waals surface area contributed by atoms with Crippen LogP contribution in [0.2, 0.25) is 0 Å². The van der Waals surface area contributed by atoms with Gasteiger partial charge in [-0.2, -0.15) is 33.7 Å². The van der Waals surface area contributed by atoms with Crippen LogP contribution >= 0.6 is 11.8 Å². The molecule has 0 amide bonds. The number of hydrogen-bond donors (Lipinski definition) is 0. The molecule has 228 valence electrons. The zero-order chi connectivity index (χ0) is 29.0. The third-order valence-corrected chi connectivity index (χ3v) is 12.2. The molecule has 4 aliphatic carbocycles. The van der Waals surface area contributed by atoms with Gasteiger partial charge in [-0.05, 0) is 110 Å². The Hall–Kier alpha value is -0.850. The Kier molecular flexibility index (Phi) is 10.9. The molecule has 0 heterocycles. The largest absolute Gasteiger partial charge is 0.453 e. The fourth-order valence-electron chi connectivity index (χ4n) is 8.61. The fourth-order valence-corrected chi connectivity index (χ4v) is 9.57. The van der Waals surface area contributed by atoms with Crippen molar-refractivity contribution in [2.24, 2.45) is 35.0 Å². The van der Waals surface area contributed by atoms with E-state index in [0.29, 0.717) is 29.4 Å². The van der Waals surface area contributed by atoms with Gasteiger partial charge >= 0.3 is 12.1 Å². The molecule has 40 heavy (non-hydrogen) atoms. The summed E-state index contributed by atoms with van der Waals surface area (Å²) < 4.78 is 62.4. The van der Waals surface area contributed by atoms with Crippen molar-refractivity contribution in [3.63, 3.8) is 0 Å². The van der Waals surface area contributed by atoms with Crippen LogP contribution in [0.4, 0.5) is 22.0 Å². The van der Waals surface area contributed by atoms with Gasteiger partial charge in [0.2, 0.25) is 0 Å². The minimum absolute atomic E-state index is 0.107. The number of unbranched alkanes of at least 4 members (excludes halogenated alkanes) is 6. The number of ketones is 1. The van der Waals surface area contributed by atoms with Gasteiger partial charge in [-0.15, -0.1) is 0 Å².